The number of hydrogen-bond donors (Lipinski definition) is 3. The number of aromatic nitrogens is 2. The lowest BCUT2D eigenvalue weighted by Crippen LogP contribution is -2.16. The van der Waals surface area contributed by atoms with E-state index in [4.69, 9.17) is 5.11 Å². The molecular formula is C21H15N5O2. The van der Waals surface area contributed by atoms with Gasteiger partial charge in [-0.1, -0.05) is 54.3 Å². The first-order valence-corrected chi connectivity index (χ1v) is 8.30. The monoisotopic (exact) mass is 369 g/mol. The highest BCUT2D eigenvalue weighted by Gasteiger charge is 2.12. The van der Waals surface area contributed by atoms with Crippen LogP contribution in [0.1, 0.15) is 16.7 Å². The molecule has 0 fully saturated rings. The zero-order valence-corrected chi connectivity index (χ0v) is 14.7. The number of nitrogens with zero attached hydrogens (tertiary/aromatic N) is 3. The molecule has 1 heterocycles. The van der Waals surface area contributed by atoms with Crippen LogP contribution in [-0.2, 0) is 0 Å². The standard InChI is InChI=1S/C21H15N5O2/c22-13-18-19(17-6-2-1-3-7-17)24-21(25-20(18)28)26-23-14-16-10-8-15(9-11-16)5-4-12-27/h1-3,6-11,14,27H,12H2,(H2,24,25,26,28). The molecule has 0 atom stereocenters. The average molecular weight is 369 g/mol. The van der Waals surface area contributed by atoms with Crippen molar-refractivity contribution in [3.8, 4) is 29.2 Å². The molecule has 0 spiro atoms. The lowest BCUT2D eigenvalue weighted by atomic mass is 10.1. The Bertz CT molecular complexity index is 1150. The molecule has 1 aromatic heterocycles. The van der Waals surface area contributed by atoms with Gasteiger partial charge in [0.15, 0.2) is 0 Å². The fourth-order valence-electron chi connectivity index (χ4n) is 2.40. The van der Waals surface area contributed by atoms with Crippen molar-refractivity contribution in [3.63, 3.8) is 0 Å². The Balaban J connectivity index is 1.81. The van der Waals surface area contributed by atoms with Crippen LogP contribution in [0.2, 0.25) is 0 Å². The minimum atomic E-state index is -0.541. The van der Waals surface area contributed by atoms with Gasteiger partial charge in [-0.05, 0) is 17.7 Å². The summed E-state index contributed by atoms with van der Waals surface area (Å²) in [5.74, 6) is 5.51. The third kappa shape index (κ3) is 4.50. The molecule has 0 bridgehead atoms. The summed E-state index contributed by atoms with van der Waals surface area (Å²) >= 11 is 0. The van der Waals surface area contributed by atoms with E-state index in [1.165, 1.54) is 0 Å². The zero-order chi connectivity index (χ0) is 19.8. The Morgan fingerprint density at radius 3 is 2.61 bits per heavy atom. The van der Waals surface area contributed by atoms with Crippen molar-refractivity contribution in [3.05, 3.63) is 81.6 Å². The van der Waals surface area contributed by atoms with Crippen molar-refractivity contribution in [2.75, 3.05) is 12.0 Å². The maximum atomic E-state index is 12.2. The van der Waals surface area contributed by atoms with Crippen LogP contribution in [0.4, 0.5) is 5.95 Å². The van der Waals surface area contributed by atoms with Crippen LogP contribution in [0, 0.1) is 23.2 Å². The number of benzene rings is 2. The van der Waals surface area contributed by atoms with Gasteiger partial charge in [0.05, 0.1) is 11.9 Å². The Labute approximate surface area is 161 Å². The third-order valence-corrected chi connectivity index (χ3v) is 3.68. The summed E-state index contributed by atoms with van der Waals surface area (Å²) in [7, 11) is 0. The number of rotatable bonds is 4. The van der Waals surface area contributed by atoms with Gasteiger partial charge in [0.2, 0.25) is 5.95 Å². The summed E-state index contributed by atoms with van der Waals surface area (Å²) in [5.41, 5.74) is 4.62. The van der Waals surface area contributed by atoms with Crippen molar-refractivity contribution in [2.24, 2.45) is 5.10 Å². The van der Waals surface area contributed by atoms with Gasteiger partial charge in [-0.2, -0.15) is 10.4 Å². The fourth-order valence-corrected chi connectivity index (χ4v) is 2.40. The highest BCUT2D eigenvalue weighted by Crippen LogP contribution is 2.19. The van der Waals surface area contributed by atoms with E-state index in [2.05, 4.69) is 32.3 Å². The van der Waals surface area contributed by atoms with Gasteiger partial charge in [-0.15, -0.1) is 0 Å². The summed E-state index contributed by atoms with van der Waals surface area (Å²) in [6.07, 6.45) is 1.56. The topological polar surface area (TPSA) is 114 Å². The van der Waals surface area contributed by atoms with Crippen LogP contribution in [-0.4, -0.2) is 27.9 Å². The average Bonchev–Trinajstić information content (AvgIpc) is 2.73. The number of aliphatic hydroxyl groups is 1. The Kier molecular flexibility index (Phi) is 5.94. The number of nitrogens with one attached hydrogen (secondary N) is 2. The molecule has 0 aliphatic carbocycles. The van der Waals surface area contributed by atoms with E-state index in [0.717, 1.165) is 11.1 Å². The molecule has 0 amide bonds. The van der Waals surface area contributed by atoms with E-state index in [0.29, 0.717) is 5.56 Å². The molecule has 0 aliphatic heterocycles. The van der Waals surface area contributed by atoms with Gasteiger partial charge >= 0.3 is 0 Å². The minimum absolute atomic E-state index is 0.0553. The van der Waals surface area contributed by atoms with Gasteiger partial charge in [0, 0.05) is 11.1 Å². The van der Waals surface area contributed by atoms with Gasteiger partial charge in [-0.3, -0.25) is 9.78 Å². The predicted molar refractivity (Wildman–Crippen MR) is 107 cm³/mol. The smallest absolute Gasteiger partial charge is 0.270 e. The number of hydrazone groups is 1. The van der Waals surface area contributed by atoms with E-state index in [1.54, 1.807) is 42.6 Å². The molecule has 7 heteroatoms. The normalized spacial score (nSPS) is 10.1. The van der Waals surface area contributed by atoms with Crippen molar-refractivity contribution >= 4 is 12.2 Å². The van der Waals surface area contributed by atoms with Crippen LogP contribution in [0.25, 0.3) is 11.3 Å². The van der Waals surface area contributed by atoms with Crippen LogP contribution in [0.5, 0.6) is 0 Å². The highest BCUT2D eigenvalue weighted by atomic mass is 16.2. The minimum Gasteiger partial charge on any atom is -0.384 e. The molecule has 3 N–H and O–H groups in total. The van der Waals surface area contributed by atoms with Crippen LogP contribution in [0.15, 0.2) is 64.5 Å². The first kappa shape index (κ1) is 18.6. The largest absolute Gasteiger partial charge is 0.384 e. The van der Waals surface area contributed by atoms with E-state index in [1.807, 2.05) is 24.3 Å². The van der Waals surface area contributed by atoms with Crippen LogP contribution >= 0.6 is 0 Å². The number of H-pyrrole nitrogens is 1. The predicted octanol–water partition coefficient (Wildman–Crippen LogP) is 2.10. The van der Waals surface area contributed by atoms with Gasteiger partial charge in [0.25, 0.3) is 5.56 Å². The maximum Gasteiger partial charge on any atom is 0.270 e. The number of nitriles is 1. The maximum absolute atomic E-state index is 12.2. The first-order valence-electron chi connectivity index (χ1n) is 8.30. The highest BCUT2D eigenvalue weighted by molar-refractivity contribution is 5.80. The lowest BCUT2D eigenvalue weighted by molar-refractivity contribution is 0.350. The zero-order valence-electron chi connectivity index (χ0n) is 14.7. The Morgan fingerprint density at radius 1 is 1.18 bits per heavy atom. The van der Waals surface area contributed by atoms with Crippen molar-refractivity contribution in [1.29, 1.82) is 5.26 Å². The fraction of sp³-hybridized carbons (Fsp3) is 0.0476. The molecule has 0 unspecified atom stereocenters. The second-order valence-electron chi connectivity index (χ2n) is 5.57. The van der Waals surface area contributed by atoms with Crippen molar-refractivity contribution < 1.29 is 5.11 Å². The van der Waals surface area contributed by atoms with E-state index >= 15 is 0 Å². The number of hydrogen-bond acceptors (Lipinski definition) is 6. The Morgan fingerprint density at radius 2 is 1.93 bits per heavy atom. The van der Waals surface area contributed by atoms with E-state index in [9.17, 15) is 10.1 Å². The van der Waals surface area contributed by atoms with Crippen molar-refractivity contribution in [1.82, 2.24) is 9.97 Å². The van der Waals surface area contributed by atoms with Crippen LogP contribution in [0.3, 0.4) is 0 Å². The van der Waals surface area contributed by atoms with Gasteiger partial charge in [-0.25, -0.2) is 10.4 Å². The first-order chi connectivity index (χ1) is 13.7. The summed E-state index contributed by atoms with van der Waals surface area (Å²) in [6.45, 7) is -0.187. The van der Waals surface area contributed by atoms with E-state index in [-0.39, 0.29) is 23.8 Å². The van der Waals surface area contributed by atoms with Crippen LogP contribution < -0.4 is 11.0 Å². The molecule has 2 aromatic carbocycles. The molecule has 3 rings (SSSR count). The van der Waals surface area contributed by atoms with Gasteiger partial charge in [0.1, 0.15) is 18.2 Å². The van der Waals surface area contributed by atoms with Crippen molar-refractivity contribution in [2.45, 2.75) is 0 Å². The number of aromatic amines is 1. The lowest BCUT2D eigenvalue weighted by Gasteiger charge is -2.05. The number of aliphatic hydroxyl groups excluding tert-OH is 1. The third-order valence-electron chi connectivity index (χ3n) is 3.68. The molecule has 28 heavy (non-hydrogen) atoms. The van der Waals surface area contributed by atoms with E-state index < -0.39 is 5.56 Å². The molecule has 3 aromatic rings. The summed E-state index contributed by atoms with van der Waals surface area (Å²) in [5, 5.41) is 22.0. The molecule has 136 valence electrons. The second kappa shape index (κ2) is 8.95. The summed E-state index contributed by atoms with van der Waals surface area (Å²) in [4.78, 5) is 19.0. The second-order valence-corrected chi connectivity index (χ2v) is 5.57. The Hall–Kier alpha value is -4.20. The molecule has 0 saturated heterocycles. The van der Waals surface area contributed by atoms with Gasteiger partial charge < -0.3 is 5.11 Å². The summed E-state index contributed by atoms with van der Waals surface area (Å²) < 4.78 is 0. The molecule has 0 radical (unpaired) electrons. The molecule has 0 aliphatic rings. The summed E-state index contributed by atoms with van der Waals surface area (Å²) in [6, 6.07) is 18.1. The SMILES string of the molecule is N#Cc1c(-c2ccccc2)nc(NN=Cc2ccc(C#CCO)cc2)[nH]c1=O. The quantitative estimate of drug-likeness (QED) is 0.370. The number of anilines is 1. The molecule has 7 nitrogen and oxygen atoms in total. The molecule has 0 saturated carbocycles. The molecular weight excluding hydrogens is 354 g/mol.